The second-order valence-electron chi connectivity index (χ2n) is 7.90. The fourth-order valence-corrected chi connectivity index (χ4v) is 4.85. The maximum atomic E-state index is 12.8. The van der Waals surface area contributed by atoms with Crippen molar-refractivity contribution in [2.75, 3.05) is 6.54 Å². The van der Waals surface area contributed by atoms with E-state index in [1.807, 2.05) is 35.4 Å². The molecule has 2 unspecified atom stereocenters. The molecule has 1 aliphatic heterocycles. The number of fused-ring (bicyclic) bond motifs is 2. The third-order valence-corrected chi connectivity index (χ3v) is 6.27. The lowest BCUT2D eigenvalue weighted by Crippen LogP contribution is -2.28. The molecular formula is C23H20N4O2. The van der Waals surface area contributed by atoms with Crippen LogP contribution >= 0.6 is 0 Å². The van der Waals surface area contributed by atoms with Gasteiger partial charge in [-0.05, 0) is 42.2 Å². The summed E-state index contributed by atoms with van der Waals surface area (Å²) in [5.41, 5.74) is 4.59. The molecule has 6 nitrogen and oxygen atoms in total. The van der Waals surface area contributed by atoms with Crippen molar-refractivity contribution < 1.29 is 9.32 Å². The highest BCUT2D eigenvalue weighted by Gasteiger charge is 2.40. The average molecular weight is 384 g/mol. The number of carbonyl (C=O) groups excluding carboxylic acids is 1. The van der Waals surface area contributed by atoms with E-state index in [4.69, 9.17) is 4.52 Å². The smallest absolute Gasteiger partial charge is 0.258 e. The number of aryl methyl sites for hydroxylation is 1. The first-order valence-corrected chi connectivity index (χ1v) is 10.1. The third-order valence-electron chi connectivity index (χ3n) is 6.27. The second kappa shape index (κ2) is 6.30. The van der Waals surface area contributed by atoms with Crippen molar-refractivity contribution in [3.05, 3.63) is 71.7 Å². The summed E-state index contributed by atoms with van der Waals surface area (Å²) in [5.74, 6) is 1.27. The number of carbonyl (C=O) groups is 1. The number of H-pyrrole nitrogens is 1. The third kappa shape index (κ3) is 2.59. The van der Waals surface area contributed by atoms with Gasteiger partial charge in [0.25, 0.3) is 5.89 Å². The molecule has 4 aromatic rings. The Morgan fingerprint density at radius 3 is 3.00 bits per heavy atom. The highest BCUT2D eigenvalue weighted by Crippen LogP contribution is 2.40. The molecule has 1 fully saturated rings. The SMILES string of the molecule is O=C1CC(c2noc(-c3cccc4[nH]ccc34)n2)CN1C1CCc2ccccc21. The molecule has 29 heavy (non-hydrogen) atoms. The van der Waals surface area contributed by atoms with Crippen LogP contribution in [0.25, 0.3) is 22.4 Å². The highest BCUT2D eigenvalue weighted by atomic mass is 16.5. The Bertz CT molecular complexity index is 1220. The number of benzene rings is 2. The minimum absolute atomic E-state index is 0.0295. The van der Waals surface area contributed by atoms with Crippen LogP contribution in [0.1, 0.15) is 41.8 Å². The van der Waals surface area contributed by atoms with Crippen molar-refractivity contribution in [1.82, 2.24) is 20.0 Å². The summed E-state index contributed by atoms with van der Waals surface area (Å²) in [6.45, 7) is 0.644. The largest absolute Gasteiger partial charge is 0.361 e. The van der Waals surface area contributed by atoms with Crippen LogP contribution in [-0.2, 0) is 11.2 Å². The first kappa shape index (κ1) is 16.5. The number of nitrogens with one attached hydrogen (secondary N) is 1. The van der Waals surface area contributed by atoms with Crippen molar-refractivity contribution in [2.45, 2.75) is 31.2 Å². The minimum Gasteiger partial charge on any atom is -0.361 e. The van der Waals surface area contributed by atoms with E-state index in [1.54, 1.807) is 0 Å². The molecule has 3 heterocycles. The van der Waals surface area contributed by atoms with Crippen LogP contribution in [0.4, 0.5) is 0 Å². The van der Waals surface area contributed by atoms with Crippen molar-refractivity contribution in [1.29, 1.82) is 0 Å². The van der Waals surface area contributed by atoms with Gasteiger partial charge in [0.2, 0.25) is 5.91 Å². The number of nitrogens with zero attached hydrogens (tertiary/aromatic N) is 3. The molecule has 6 heteroatoms. The minimum atomic E-state index is -0.0295. The Morgan fingerprint density at radius 2 is 2.03 bits per heavy atom. The lowest BCUT2D eigenvalue weighted by Gasteiger charge is -2.25. The lowest BCUT2D eigenvalue weighted by atomic mass is 10.1. The molecule has 1 amide bonds. The van der Waals surface area contributed by atoms with Crippen LogP contribution < -0.4 is 0 Å². The predicted molar refractivity (Wildman–Crippen MR) is 108 cm³/mol. The van der Waals surface area contributed by atoms with Crippen LogP contribution in [0.15, 0.2) is 59.3 Å². The molecule has 0 saturated carbocycles. The number of aromatic nitrogens is 3. The quantitative estimate of drug-likeness (QED) is 0.574. The number of hydrogen-bond acceptors (Lipinski definition) is 4. The normalized spacial score (nSPS) is 21.2. The van der Waals surface area contributed by atoms with Gasteiger partial charge in [0.15, 0.2) is 5.82 Å². The molecular weight excluding hydrogens is 364 g/mol. The molecule has 2 aliphatic rings. The molecule has 0 spiro atoms. The zero-order valence-corrected chi connectivity index (χ0v) is 15.8. The lowest BCUT2D eigenvalue weighted by molar-refractivity contribution is -0.129. The van der Waals surface area contributed by atoms with Gasteiger partial charge in [0.1, 0.15) is 0 Å². The Hall–Kier alpha value is -3.41. The maximum absolute atomic E-state index is 12.8. The first-order valence-electron chi connectivity index (χ1n) is 10.1. The zero-order chi connectivity index (χ0) is 19.4. The Morgan fingerprint density at radius 1 is 1.10 bits per heavy atom. The van der Waals surface area contributed by atoms with E-state index in [2.05, 4.69) is 39.4 Å². The number of hydrogen-bond donors (Lipinski definition) is 1. The Labute approximate surface area is 167 Å². The second-order valence-corrected chi connectivity index (χ2v) is 7.90. The summed E-state index contributed by atoms with van der Waals surface area (Å²) in [4.78, 5) is 22.7. The Kier molecular flexibility index (Phi) is 3.59. The first-order chi connectivity index (χ1) is 14.3. The van der Waals surface area contributed by atoms with Crippen LogP contribution in [0, 0.1) is 0 Å². The summed E-state index contributed by atoms with van der Waals surface area (Å²) >= 11 is 0. The van der Waals surface area contributed by atoms with Gasteiger partial charge in [0.05, 0.1) is 6.04 Å². The molecule has 2 aromatic heterocycles. The fraction of sp³-hybridized carbons (Fsp3) is 0.261. The highest BCUT2D eigenvalue weighted by molar-refractivity contribution is 5.92. The molecule has 1 aliphatic carbocycles. The van der Waals surface area contributed by atoms with Gasteiger partial charge in [-0.1, -0.05) is 35.5 Å². The Balaban J connectivity index is 1.28. The zero-order valence-electron chi connectivity index (χ0n) is 15.8. The van der Waals surface area contributed by atoms with Gasteiger partial charge < -0.3 is 14.4 Å². The summed E-state index contributed by atoms with van der Waals surface area (Å²) < 4.78 is 5.59. The number of amides is 1. The molecule has 1 N–H and O–H groups in total. The molecule has 144 valence electrons. The van der Waals surface area contributed by atoms with Crippen LogP contribution in [0.2, 0.25) is 0 Å². The van der Waals surface area contributed by atoms with Gasteiger partial charge in [-0.15, -0.1) is 0 Å². The molecule has 6 rings (SSSR count). The van der Waals surface area contributed by atoms with Crippen LogP contribution in [0.3, 0.4) is 0 Å². The van der Waals surface area contributed by atoms with E-state index in [0.717, 1.165) is 29.3 Å². The van der Waals surface area contributed by atoms with E-state index < -0.39 is 0 Å². The maximum Gasteiger partial charge on any atom is 0.258 e. The van der Waals surface area contributed by atoms with Crippen LogP contribution in [0.5, 0.6) is 0 Å². The van der Waals surface area contributed by atoms with E-state index in [-0.39, 0.29) is 17.9 Å². The molecule has 1 saturated heterocycles. The van der Waals surface area contributed by atoms with Crippen molar-refractivity contribution in [3.63, 3.8) is 0 Å². The summed E-state index contributed by atoms with van der Waals surface area (Å²) in [5, 5.41) is 5.28. The number of likely N-dealkylation sites (tertiary alicyclic amines) is 1. The monoisotopic (exact) mass is 384 g/mol. The van der Waals surface area contributed by atoms with E-state index in [0.29, 0.717) is 24.7 Å². The molecule has 0 radical (unpaired) electrons. The average Bonchev–Trinajstić information content (AvgIpc) is 3.52. The van der Waals surface area contributed by atoms with E-state index in [1.165, 1.54) is 11.1 Å². The number of aromatic amines is 1. The fourth-order valence-electron chi connectivity index (χ4n) is 4.85. The molecule has 0 bridgehead atoms. The summed E-state index contributed by atoms with van der Waals surface area (Å²) in [6, 6.07) is 16.6. The van der Waals surface area contributed by atoms with Gasteiger partial charge in [-0.3, -0.25) is 4.79 Å². The van der Waals surface area contributed by atoms with Crippen molar-refractivity contribution in [3.8, 4) is 11.5 Å². The summed E-state index contributed by atoms with van der Waals surface area (Å²) in [6.07, 6.45) is 4.36. The van der Waals surface area contributed by atoms with Gasteiger partial charge in [-0.25, -0.2) is 0 Å². The van der Waals surface area contributed by atoms with Gasteiger partial charge >= 0.3 is 0 Å². The van der Waals surface area contributed by atoms with E-state index >= 15 is 0 Å². The predicted octanol–water partition coefficient (Wildman–Crippen LogP) is 4.22. The molecule has 2 aromatic carbocycles. The number of rotatable bonds is 3. The van der Waals surface area contributed by atoms with Gasteiger partial charge in [-0.2, -0.15) is 4.98 Å². The summed E-state index contributed by atoms with van der Waals surface area (Å²) in [7, 11) is 0. The standard InChI is InChI=1S/C23H20N4O2/c28-21-12-15(13-27(21)20-9-8-14-4-1-2-5-16(14)20)22-25-23(29-26-22)18-6-3-7-19-17(18)10-11-24-19/h1-7,10-11,15,20,24H,8-9,12-13H2. The topological polar surface area (TPSA) is 75.0 Å². The van der Waals surface area contributed by atoms with E-state index in [9.17, 15) is 4.79 Å². The van der Waals surface area contributed by atoms with Crippen molar-refractivity contribution >= 4 is 16.8 Å². The molecule has 2 atom stereocenters. The van der Waals surface area contributed by atoms with Crippen molar-refractivity contribution in [2.24, 2.45) is 0 Å². The van der Waals surface area contributed by atoms with Crippen LogP contribution in [-0.4, -0.2) is 32.5 Å². The van der Waals surface area contributed by atoms with Gasteiger partial charge in [0, 0.05) is 41.5 Å².